The van der Waals surface area contributed by atoms with Gasteiger partial charge in [-0.05, 0) is 60.7 Å². The minimum Gasteiger partial charge on any atom is -0.497 e. The van der Waals surface area contributed by atoms with Gasteiger partial charge in [0.1, 0.15) is 5.76 Å². The largest absolute Gasteiger partial charge is 0.497 e. The van der Waals surface area contributed by atoms with Crippen LogP contribution in [0.4, 0.5) is 0 Å². The number of aromatic amines is 1. The van der Waals surface area contributed by atoms with Crippen molar-refractivity contribution < 1.29 is 9.53 Å². The van der Waals surface area contributed by atoms with Crippen molar-refractivity contribution in [1.82, 2.24) is 24.8 Å². The Morgan fingerprint density at radius 3 is 2.52 bits per heavy atom. The predicted molar refractivity (Wildman–Crippen MR) is 110 cm³/mol. The van der Waals surface area contributed by atoms with Crippen LogP contribution in [0.1, 0.15) is 32.9 Å². The number of hydrogen-bond acceptors (Lipinski definition) is 5. The third-order valence-corrected chi connectivity index (χ3v) is 4.93. The molecule has 29 heavy (non-hydrogen) atoms. The van der Waals surface area contributed by atoms with Gasteiger partial charge in [0.15, 0.2) is 0 Å². The number of rotatable bonds is 6. The van der Waals surface area contributed by atoms with E-state index in [0.29, 0.717) is 27.7 Å². The maximum Gasteiger partial charge on any atom is 0.361 e. The normalized spacial score (nSPS) is 11.5. The van der Waals surface area contributed by atoms with E-state index in [1.54, 1.807) is 41.0 Å². The maximum absolute atomic E-state index is 13.2. The summed E-state index contributed by atoms with van der Waals surface area (Å²) in [5.74, 6) is 0.320. The lowest BCUT2D eigenvalue weighted by Gasteiger charge is -2.08. The molecule has 0 fully saturated rings. The van der Waals surface area contributed by atoms with Gasteiger partial charge in [0.2, 0.25) is 0 Å². The van der Waals surface area contributed by atoms with Crippen LogP contribution >= 0.6 is 11.6 Å². The summed E-state index contributed by atoms with van der Waals surface area (Å²) in [7, 11) is 1.54. The van der Waals surface area contributed by atoms with Crippen molar-refractivity contribution in [3.63, 3.8) is 0 Å². The van der Waals surface area contributed by atoms with Gasteiger partial charge >= 0.3 is 5.69 Å². The fourth-order valence-corrected chi connectivity index (χ4v) is 3.28. The molecule has 0 spiro atoms. The minimum absolute atomic E-state index is 0.142. The van der Waals surface area contributed by atoms with Crippen LogP contribution < -0.4 is 5.69 Å². The lowest BCUT2D eigenvalue weighted by atomic mass is 10.1. The number of carbonyl (C=O) groups is 1. The first-order chi connectivity index (χ1) is 13.9. The van der Waals surface area contributed by atoms with Gasteiger partial charge in [0, 0.05) is 33.1 Å². The fourth-order valence-electron chi connectivity index (χ4n) is 3.15. The van der Waals surface area contributed by atoms with E-state index in [-0.39, 0.29) is 12.5 Å². The molecule has 3 rings (SSSR count). The number of benzene rings is 1. The Morgan fingerprint density at radius 1 is 1.28 bits per heavy atom. The van der Waals surface area contributed by atoms with Crippen molar-refractivity contribution in [2.45, 2.75) is 20.4 Å². The number of halogens is 1. The number of nitrogens with one attached hydrogen (secondary N) is 1. The molecule has 0 radical (unpaired) electrons. The molecule has 0 atom stereocenters. The van der Waals surface area contributed by atoms with Crippen LogP contribution in [0.2, 0.25) is 5.02 Å². The van der Waals surface area contributed by atoms with E-state index in [9.17, 15) is 9.59 Å². The molecule has 0 aliphatic rings. The predicted octanol–water partition coefficient (Wildman–Crippen LogP) is 2.95. The van der Waals surface area contributed by atoms with Gasteiger partial charge in [-0.1, -0.05) is 18.2 Å². The molecule has 0 unspecified atom stereocenters. The molecule has 9 heteroatoms. The molecule has 1 aromatic carbocycles. The van der Waals surface area contributed by atoms with Gasteiger partial charge in [-0.15, -0.1) is 0 Å². The first-order valence-corrected chi connectivity index (χ1v) is 9.12. The molecule has 3 aromatic rings. The standard InChI is InChI=1S/C20H20ClN5O3/c1-5-16(29-4)10-17-12(2)26(19(27)14-6-8-15(21)9-7-14)13(3)18(17)11-25-20(28)22-23-24-25/h5-10H,1,11H2,2-4H3,(H,22,24,28)/b16-10+. The average molecular weight is 414 g/mol. The Balaban J connectivity index is 2.19. The highest BCUT2D eigenvalue weighted by atomic mass is 35.5. The molecule has 1 N–H and O–H groups in total. The fraction of sp³-hybridized carbons (Fsp3) is 0.200. The van der Waals surface area contributed by atoms with Crippen LogP contribution in [-0.2, 0) is 11.3 Å². The number of methoxy groups -OCH3 is 1. The average Bonchev–Trinajstić information content (AvgIpc) is 3.21. The molecule has 0 bridgehead atoms. The Bertz CT molecular complexity index is 1150. The van der Waals surface area contributed by atoms with Gasteiger partial charge in [0.05, 0.1) is 13.7 Å². The summed E-state index contributed by atoms with van der Waals surface area (Å²) in [6, 6.07) is 6.68. The second-order valence-electron chi connectivity index (χ2n) is 6.33. The molecule has 0 aliphatic carbocycles. The molecule has 0 aliphatic heterocycles. The number of aromatic nitrogens is 5. The van der Waals surface area contributed by atoms with Crippen molar-refractivity contribution in [2.75, 3.05) is 7.11 Å². The highest BCUT2D eigenvalue weighted by molar-refractivity contribution is 6.30. The molecule has 0 amide bonds. The van der Waals surface area contributed by atoms with Crippen LogP contribution in [0.3, 0.4) is 0 Å². The van der Waals surface area contributed by atoms with Crippen LogP contribution in [0.15, 0.2) is 47.5 Å². The number of carbonyl (C=O) groups excluding carboxylic acids is 1. The highest BCUT2D eigenvalue weighted by Crippen LogP contribution is 2.27. The summed E-state index contributed by atoms with van der Waals surface area (Å²) >= 11 is 5.94. The number of allylic oxidation sites excluding steroid dienone is 1. The third kappa shape index (κ3) is 3.93. The molecule has 150 valence electrons. The minimum atomic E-state index is -0.440. The number of nitrogens with zero attached hydrogens (tertiary/aromatic N) is 4. The summed E-state index contributed by atoms with van der Waals surface area (Å²) in [6.45, 7) is 7.53. The first-order valence-electron chi connectivity index (χ1n) is 8.74. The zero-order chi connectivity index (χ0) is 21.1. The zero-order valence-corrected chi connectivity index (χ0v) is 17.0. The Hall–Kier alpha value is -3.39. The van der Waals surface area contributed by atoms with Crippen molar-refractivity contribution in [1.29, 1.82) is 0 Å². The molecule has 0 saturated heterocycles. The number of ether oxygens (including phenoxy) is 1. The molecular weight excluding hydrogens is 394 g/mol. The van der Waals surface area contributed by atoms with Gasteiger partial charge in [0.25, 0.3) is 5.91 Å². The molecular formula is C20H20ClN5O3. The van der Waals surface area contributed by atoms with Crippen molar-refractivity contribution in [2.24, 2.45) is 0 Å². The van der Waals surface area contributed by atoms with E-state index < -0.39 is 5.69 Å². The summed E-state index contributed by atoms with van der Waals surface area (Å²) in [6.07, 6.45) is 3.35. The first kappa shape index (κ1) is 20.3. The van der Waals surface area contributed by atoms with E-state index in [1.807, 2.05) is 13.8 Å². The molecule has 2 aromatic heterocycles. The molecule has 2 heterocycles. The van der Waals surface area contributed by atoms with Gasteiger partial charge in [-0.3, -0.25) is 9.36 Å². The molecule has 8 nitrogen and oxygen atoms in total. The van der Waals surface area contributed by atoms with E-state index >= 15 is 0 Å². The maximum atomic E-state index is 13.2. The smallest absolute Gasteiger partial charge is 0.361 e. The van der Waals surface area contributed by atoms with Crippen molar-refractivity contribution in [3.8, 4) is 0 Å². The van der Waals surface area contributed by atoms with E-state index in [0.717, 1.165) is 11.1 Å². The summed E-state index contributed by atoms with van der Waals surface area (Å²) < 4.78 is 8.11. The second kappa shape index (κ2) is 8.32. The van der Waals surface area contributed by atoms with E-state index in [1.165, 1.54) is 11.8 Å². The van der Waals surface area contributed by atoms with Crippen LogP contribution in [0.5, 0.6) is 0 Å². The van der Waals surface area contributed by atoms with E-state index in [2.05, 4.69) is 22.1 Å². The van der Waals surface area contributed by atoms with Gasteiger partial charge in [-0.2, -0.15) is 4.68 Å². The van der Waals surface area contributed by atoms with Crippen molar-refractivity contribution >= 4 is 23.6 Å². The van der Waals surface area contributed by atoms with Gasteiger partial charge in [-0.25, -0.2) is 9.89 Å². The summed E-state index contributed by atoms with van der Waals surface area (Å²) in [4.78, 5) is 25.1. The van der Waals surface area contributed by atoms with Crippen LogP contribution in [0.25, 0.3) is 6.08 Å². The zero-order valence-electron chi connectivity index (χ0n) is 16.3. The van der Waals surface area contributed by atoms with Gasteiger partial charge < -0.3 is 4.74 Å². The highest BCUT2D eigenvalue weighted by Gasteiger charge is 2.23. The second-order valence-corrected chi connectivity index (χ2v) is 6.77. The number of H-pyrrole nitrogens is 1. The quantitative estimate of drug-likeness (QED) is 0.495. The Labute approximate surface area is 172 Å². The lowest BCUT2D eigenvalue weighted by molar-refractivity contribution is 0.0956. The summed E-state index contributed by atoms with van der Waals surface area (Å²) in [5, 5.41) is 10.1. The Kier molecular flexibility index (Phi) is 5.84. The number of hydrogen-bond donors (Lipinski definition) is 1. The van der Waals surface area contributed by atoms with Crippen LogP contribution in [0, 0.1) is 13.8 Å². The lowest BCUT2D eigenvalue weighted by Crippen LogP contribution is -2.20. The molecule has 0 saturated carbocycles. The van der Waals surface area contributed by atoms with Crippen LogP contribution in [-0.4, -0.2) is 37.8 Å². The SMILES string of the molecule is C=C/C(=C\c1c(Cn2nn[nH]c2=O)c(C)n(C(=O)c2ccc(Cl)cc2)c1C)OC. The number of tetrazole rings is 1. The van der Waals surface area contributed by atoms with E-state index in [4.69, 9.17) is 16.3 Å². The van der Waals surface area contributed by atoms with Crippen molar-refractivity contribution in [3.05, 3.63) is 86.3 Å². The Morgan fingerprint density at radius 2 is 1.97 bits per heavy atom. The topological polar surface area (TPSA) is 94.8 Å². The summed E-state index contributed by atoms with van der Waals surface area (Å²) in [5.41, 5.74) is 2.93. The third-order valence-electron chi connectivity index (χ3n) is 4.68. The monoisotopic (exact) mass is 413 g/mol.